The van der Waals surface area contributed by atoms with Gasteiger partial charge in [0.05, 0.1) is 6.10 Å². The minimum atomic E-state index is -0.359. The van der Waals surface area contributed by atoms with Gasteiger partial charge in [0.1, 0.15) is 5.69 Å². The van der Waals surface area contributed by atoms with E-state index in [1.54, 1.807) is 36.5 Å². The number of nitrogens with one attached hydrogen (secondary N) is 2. The van der Waals surface area contributed by atoms with Crippen LogP contribution in [-0.2, 0) is 6.54 Å². The van der Waals surface area contributed by atoms with Gasteiger partial charge in [-0.3, -0.25) is 9.59 Å². The van der Waals surface area contributed by atoms with Crippen molar-refractivity contribution >= 4 is 16.7 Å². The molecule has 0 bridgehead atoms. The van der Waals surface area contributed by atoms with E-state index in [0.717, 1.165) is 10.9 Å². The topological polar surface area (TPSA) is 84.1 Å². The fraction of sp³-hybridized carbons (Fsp3) is 0.211. The summed E-state index contributed by atoms with van der Waals surface area (Å²) in [5, 5.41) is 4.07. The molecule has 0 saturated carbocycles. The summed E-state index contributed by atoms with van der Waals surface area (Å²) in [7, 11) is 0. The van der Waals surface area contributed by atoms with E-state index in [9.17, 15) is 9.59 Å². The molecule has 6 heteroatoms. The van der Waals surface area contributed by atoms with Gasteiger partial charge in [-0.1, -0.05) is 24.3 Å². The smallest absolute Gasteiger partial charge is 0.268 e. The largest absolute Gasteiger partial charge is 0.475 e. The van der Waals surface area contributed by atoms with E-state index in [-0.39, 0.29) is 29.8 Å². The van der Waals surface area contributed by atoms with Crippen LogP contribution in [0.2, 0.25) is 0 Å². The Morgan fingerprint density at radius 3 is 2.84 bits per heavy atom. The molecule has 1 amide bonds. The predicted molar refractivity (Wildman–Crippen MR) is 95.7 cm³/mol. The summed E-state index contributed by atoms with van der Waals surface area (Å²) >= 11 is 0. The van der Waals surface area contributed by atoms with Crippen LogP contribution in [0.25, 0.3) is 10.8 Å². The van der Waals surface area contributed by atoms with Crippen molar-refractivity contribution in [2.24, 2.45) is 0 Å². The minimum absolute atomic E-state index is 0.0128. The van der Waals surface area contributed by atoms with Crippen LogP contribution in [0.15, 0.2) is 53.5 Å². The number of rotatable bonds is 5. The molecular formula is C19H19N3O3. The van der Waals surface area contributed by atoms with Crippen LogP contribution < -0.4 is 15.6 Å². The van der Waals surface area contributed by atoms with Gasteiger partial charge in [0.25, 0.3) is 11.5 Å². The first-order valence-electron chi connectivity index (χ1n) is 8.05. The summed E-state index contributed by atoms with van der Waals surface area (Å²) in [5.41, 5.74) is 0.708. The summed E-state index contributed by atoms with van der Waals surface area (Å²) in [6.07, 6.45) is 1.63. The Morgan fingerprint density at radius 2 is 2.04 bits per heavy atom. The van der Waals surface area contributed by atoms with Gasteiger partial charge in [-0.25, -0.2) is 4.98 Å². The summed E-state index contributed by atoms with van der Waals surface area (Å²) in [6, 6.07) is 12.4. The summed E-state index contributed by atoms with van der Waals surface area (Å²) < 4.78 is 5.64. The van der Waals surface area contributed by atoms with Gasteiger partial charge in [0, 0.05) is 23.7 Å². The second-order valence-corrected chi connectivity index (χ2v) is 5.92. The van der Waals surface area contributed by atoms with Crippen molar-refractivity contribution in [2.75, 3.05) is 0 Å². The zero-order chi connectivity index (χ0) is 17.8. The van der Waals surface area contributed by atoms with Gasteiger partial charge in [0.15, 0.2) is 0 Å². The maximum atomic E-state index is 12.4. The Kier molecular flexibility index (Phi) is 4.79. The number of carbonyl (C=O) groups is 1. The first-order chi connectivity index (χ1) is 12.0. The number of pyridine rings is 2. The second-order valence-electron chi connectivity index (χ2n) is 5.92. The zero-order valence-electron chi connectivity index (χ0n) is 14.1. The van der Waals surface area contributed by atoms with Crippen molar-refractivity contribution < 1.29 is 9.53 Å². The Balaban J connectivity index is 1.79. The van der Waals surface area contributed by atoms with E-state index in [1.807, 2.05) is 26.0 Å². The summed E-state index contributed by atoms with van der Waals surface area (Å²) in [5.74, 6) is 0.131. The van der Waals surface area contributed by atoms with Gasteiger partial charge >= 0.3 is 0 Å². The molecule has 0 aliphatic carbocycles. The van der Waals surface area contributed by atoms with E-state index < -0.39 is 0 Å². The Bertz CT molecular complexity index is 963. The molecular weight excluding hydrogens is 318 g/mol. The molecule has 0 aliphatic heterocycles. The molecule has 0 spiro atoms. The SMILES string of the molecule is CC(C)Oc1ncccc1CNC(=O)c1cc2ccccc2c(=O)[nH]1. The number of H-pyrrole nitrogens is 1. The predicted octanol–water partition coefficient (Wildman–Crippen LogP) is 2.64. The lowest BCUT2D eigenvalue weighted by atomic mass is 10.1. The maximum absolute atomic E-state index is 12.4. The Morgan fingerprint density at radius 1 is 1.24 bits per heavy atom. The lowest BCUT2D eigenvalue weighted by Crippen LogP contribution is -2.26. The van der Waals surface area contributed by atoms with Crippen LogP contribution >= 0.6 is 0 Å². The van der Waals surface area contributed by atoms with Gasteiger partial charge in [-0.15, -0.1) is 0 Å². The number of amides is 1. The monoisotopic (exact) mass is 337 g/mol. The molecule has 2 N–H and O–H groups in total. The van der Waals surface area contributed by atoms with E-state index in [1.165, 1.54) is 0 Å². The summed E-state index contributed by atoms with van der Waals surface area (Å²) in [4.78, 5) is 31.3. The lowest BCUT2D eigenvalue weighted by molar-refractivity contribution is 0.0945. The molecule has 2 heterocycles. The van der Waals surface area contributed by atoms with Crippen LogP contribution in [0.1, 0.15) is 29.9 Å². The minimum Gasteiger partial charge on any atom is -0.475 e. The Hall–Kier alpha value is -3.15. The highest BCUT2D eigenvalue weighted by Crippen LogP contribution is 2.16. The standard InChI is InChI=1S/C19H19N3O3/c1-12(2)25-19-14(7-5-9-20-19)11-21-18(24)16-10-13-6-3-4-8-15(13)17(23)22-16/h3-10,12H,11H2,1-2H3,(H,21,24)(H,22,23). The lowest BCUT2D eigenvalue weighted by Gasteiger charge is -2.13. The number of ether oxygens (including phenoxy) is 1. The fourth-order valence-electron chi connectivity index (χ4n) is 2.49. The first-order valence-corrected chi connectivity index (χ1v) is 8.05. The molecule has 25 heavy (non-hydrogen) atoms. The molecule has 0 saturated heterocycles. The highest BCUT2D eigenvalue weighted by atomic mass is 16.5. The highest BCUT2D eigenvalue weighted by molar-refractivity contribution is 5.96. The molecule has 3 rings (SSSR count). The molecule has 3 aromatic rings. The van der Waals surface area contributed by atoms with Crippen molar-refractivity contribution in [3.8, 4) is 5.88 Å². The quantitative estimate of drug-likeness (QED) is 0.749. The highest BCUT2D eigenvalue weighted by Gasteiger charge is 2.12. The van der Waals surface area contributed by atoms with E-state index in [0.29, 0.717) is 11.3 Å². The summed E-state index contributed by atoms with van der Waals surface area (Å²) in [6.45, 7) is 4.08. The van der Waals surface area contributed by atoms with Crippen molar-refractivity contribution in [2.45, 2.75) is 26.5 Å². The second kappa shape index (κ2) is 7.17. The molecule has 0 atom stereocenters. The van der Waals surface area contributed by atoms with Crippen molar-refractivity contribution in [3.05, 3.63) is 70.3 Å². The van der Waals surface area contributed by atoms with Gasteiger partial charge < -0.3 is 15.0 Å². The van der Waals surface area contributed by atoms with Crippen LogP contribution in [0.3, 0.4) is 0 Å². The molecule has 0 radical (unpaired) electrons. The molecule has 0 unspecified atom stereocenters. The maximum Gasteiger partial charge on any atom is 0.268 e. The zero-order valence-corrected chi connectivity index (χ0v) is 14.1. The average Bonchev–Trinajstić information content (AvgIpc) is 2.60. The van der Waals surface area contributed by atoms with Gasteiger partial charge in [0.2, 0.25) is 5.88 Å². The number of aromatic nitrogens is 2. The van der Waals surface area contributed by atoms with Crippen LogP contribution in [0.4, 0.5) is 0 Å². The van der Waals surface area contributed by atoms with Gasteiger partial charge in [-0.05, 0) is 37.4 Å². The van der Waals surface area contributed by atoms with Crippen LogP contribution in [0.5, 0.6) is 5.88 Å². The number of carbonyl (C=O) groups excluding carboxylic acids is 1. The number of fused-ring (bicyclic) bond motifs is 1. The third-order valence-electron chi connectivity index (χ3n) is 3.63. The average molecular weight is 337 g/mol. The molecule has 0 aliphatic rings. The number of benzene rings is 1. The normalized spacial score (nSPS) is 10.8. The molecule has 2 aromatic heterocycles. The van der Waals surface area contributed by atoms with Crippen molar-refractivity contribution in [1.29, 1.82) is 0 Å². The number of nitrogens with zero attached hydrogens (tertiary/aromatic N) is 1. The molecule has 1 aromatic carbocycles. The molecule has 0 fully saturated rings. The van der Waals surface area contributed by atoms with Gasteiger partial charge in [-0.2, -0.15) is 0 Å². The number of hydrogen-bond donors (Lipinski definition) is 2. The molecule has 128 valence electrons. The van der Waals surface area contributed by atoms with Crippen LogP contribution in [-0.4, -0.2) is 22.0 Å². The molecule has 6 nitrogen and oxygen atoms in total. The fourth-order valence-corrected chi connectivity index (χ4v) is 2.49. The van der Waals surface area contributed by atoms with Crippen molar-refractivity contribution in [3.63, 3.8) is 0 Å². The first kappa shape index (κ1) is 16.7. The number of hydrogen-bond acceptors (Lipinski definition) is 4. The third kappa shape index (κ3) is 3.85. The van der Waals surface area contributed by atoms with E-state index in [4.69, 9.17) is 4.74 Å². The van der Waals surface area contributed by atoms with Crippen LogP contribution in [0, 0.1) is 0 Å². The third-order valence-corrected chi connectivity index (χ3v) is 3.63. The Labute approximate surface area is 144 Å². The van der Waals surface area contributed by atoms with E-state index >= 15 is 0 Å². The van der Waals surface area contributed by atoms with Crippen molar-refractivity contribution in [1.82, 2.24) is 15.3 Å². The number of aromatic amines is 1. The van der Waals surface area contributed by atoms with E-state index in [2.05, 4.69) is 15.3 Å².